The van der Waals surface area contributed by atoms with Gasteiger partial charge in [0, 0.05) is 19.1 Å². The zero-order chi connectivity index (χ0) is 15.7. The van der Waals surface area contributed by atoms with Crippen LogP contribution in [0.15, 0.2) is 17.8 Å². The zero-order valence-corrected chi connectivity index (χ0v) is 14.3. The Morgan fingerprint density at radius 3 is 2.95 bits per heavy atom. The van der Waals surface area contributed by atoms with Gasteiger partial charge in [0.15, 0.2) is 0 Å². The molecule has 1 N–H and O–H groups in total. The van der Waals surface area contributed by atoms with Gasteiger partial charge in [-0.25, -0.2) is 23.1 Å². The fraction of sp³-hybridized carbons (Fsp3) is 0.571. The number of aromatic nitrogens is 2. The van der Waals surface area contributed by atoms with Crippen LogP contribution in [0, 0.1) is 5.92 Å². The number of hydrogen-bond donors (Lipinski definition) is 1. The molecule has 8 heteroatoms. The number of anilines is 1. The summed E-state index contributed by atoms with van der Waals surface area (Å²) in [6.45, 7) is 3.60. The number of nitrogens with one attached hydrogen (secondary N) is 1. The van der Waals surface area contributed by atoms with Gasteiger partial charge >= 0.3 is 0 Å². The van der Waals surface area contributed by atoms with Crippen LogP contribution in [0.25, 0.3) is 10.2 Å². The van der Waals surface area contributed by atoms with Gasteiger partial charge in [-0.1, -0.05) is 13.3 Å². The fourth-order valence-corrected chi connectivity index (χ4v) is 4.69. The molecule has 0 radical (unpaired) electrons. The summed E-state index contributed by atoms with van der Waals surface area (Å²) in [5.41, 5.74) is 0. The molecular weight excluding hydrogens is 320 g/mol. The molecule has 0 spiro atoms. The van der Waals surface area contributed by atoms with Crippen molar-refractivity contribution in [3.8, 4) is 0 Å². The van der Waals surface area contributed by atoms with Gasteiger partial charge in [-0.3, -0.25) is 0 Å². The molecule has 0 saturated carbocycles. The Morgan fingerprint density at radius 2 is 2.23 bits per heavy atom. The molecule has 2 aromatic heterocycles. The highest BCUT2D eigenvalue weighted by Gasteiger charge is 2.35. The molecule has 0 amide bonds. The lowest BCUT2D eigenvalue weighted by Crippen LogP contribution is -2.39. The first kappa shape index (κ1) is 15.6. The van der Waals surface area contributed by atoms with Gasteiger partial charge in [-0.05, 0) is 23.8 Å². The van der Waals surface area contributed by atoms with E-state index in [0.29, 0.717) is 12.5 Å². The average Bonchev–Trinajstić information content (AvgIpc) is 3.04. The van der Waals surface area contributed by atoms with E-state index in [9.17, 15) is 8.42 Å². The molecule has 22 heavy (non-hydrogen) atoms. The van der Waals surface area contributed by atoms with Crippen molar-refractivity contribution < 1.29 is 8.42 Å². The van der Waals surface area contributed by atoms with Crippen LogP contribution in [0.5, 0.6) is 0 Å². The first-order chi connectivity index (χ1) is 10.5. The molecule has 0 aromatic carbocycles. The number of rotatable bonds is 5. The molecule has 120 valence electrons. The van der Waals surface area contributed by atoms with Gasteiger partial charge in [0.05, 0.1) is 11.6 Å². The fourth-order valence-electron chi connectivity index (χ4n) is 3.14. The maximum absolute atomic E-state index is 11.6. The van der Waals surface area contributed by atoms with Gasteiger partial charge in [-0.15, -0.1) is 11.3 Å². The lowest BCUT2D eigenvalue weighted by Gasteiger charge is -2.18. The van der Waals surface area contributed by atoms with Crippen LogP contribution < -0.4 is 9.62 Å². The standard InChI is InChI=1S/C14H20N4O2S2/c1-3-4-10-7-18(8-12(10)17-22(2,19)20)13-11-5-6-21-14(11)16-9-15-13/h5-6,9-10,12,17H,3-4,7-8H2,1-2H3/t10-,12-/m1/s1. The van der Waals surface area contributed by atoms with E-state index in [-0.39, 0.29) is 6.04 Å². The summed E-state index contributed by atoms with van der Waals surface area (Å²) in [6.07, 6.45) is 4.85. The summed E-state index contributed by atoms with van der Waals surface area (Å²) >= 11 is 1.59. The van der Waals surface area contributed by atoms with E-state index in [1.54, 1.807) is 17.7 Å². The molecule has 6 nitrogen and oxygen atoms in total. The van der Waals surface area contributed by atoms with E-state index in [1.807, 2.05) is 11.4 Å². The predicted molar refractivity (Wildman–Crippen MR) is 89.8 cm³/mol. The Morgan fingerprint density at radius 1 is 1.41 bits per heavy atom. The van der Waals surface area contributed by atoms with Crippen LogP contribution in [0.4, 0.5) is 5.82 Å². The van der Waals surface area contributed by atoms with Crippen LogP contribution in [0.2, 0.25) is 0 Å². The van der Waals surface area contributed by atoms with E-state index >= 15 is 0 Å². The quantitative estimate of drug-likeness (QED) is 0.899. The monoisotopic (exact) mass is 340 g/mol. The molecule has 3 heterocycles. The van der Waals surface area contributed by atoms with E-state index in [4.69, 9.17) is 0 Å². The van der Waals surface area contributed by atoms with Crippen molar-refractivity contribution in [3.05, 3.63) is 17.8 Å². The highest BCUT2D eigenvalue weighted by molar-refractivity contribution is 7.88. The zero-order valence-electron chi connectivity index (χ0n) is 12.7. The Labute approximate surface area is 134 Å². The molecule has 2 atom stereocenters. The lowest BCUT2D eigenvalue weighted by molar-refractivity contribution is 0.442. The third kappa shape index (κ3) is 3.23. The second-order valence-corrected chi connectivity index (χ2v) is 8.46. The van der Waals surface area contributed by atoms with Crippen molar-refractivity contribution in [3.63, 3.8) is 0 Å². The number of hydrogen-bond acceptors (Lipinski definition) is 6. The largest absolute Gasteiger partial charge is 0.354 e. The Bertz CT molecular complexity index is 759. The predicted octanol–water partition coefficient (Wildman–Crippen LogP) is 1.85. The third-order valence-corrected chi connectivity index (χ3v) is 5.56. The minimum atomic E-state index is -3.20. The van der Waals surface area contributed by atoms with E-state index in [2.05, 4.69) is 26.5 Å². The van der Waals surface area contributed by atoms with Gasteiger partial charge in [0.2, 0.25) is 10.0 Å². The summed E-state index contributed by atoms with van der Waals surface area (Å²) in [5, 5.41) is 3.05. The maximum Gasteiger partial charge on any atom is 0.209 e. The normalized spacial score (nSPS) is 22.5. The minimum absolute atomic E-state index is 0.0569. The molecule has 2 aromatic rings. The van der Waals surface area contributed by atoms with Crippen LogP contribution >= 0.6 is 11.3 Å². The van der Waals surface area contributed by atoms with E-state index in [0.717, 1.165) is 35.4 Å². The summed E-state index contributed by atoms with van der Waals surface area (Å²) in [5.74, 6) is 1.22. The summed E-state index contributed by atoms with van der Waals surface area (Å²) in [6, 6.07) is 1.97. The van der Waals surface area contributed by atoms with Crippen molar-refractivity contribution in [2.75, 3.05) is 24.2 Å². The van der Waals surface area contributed by atoms with Gasteiger partial charge in [0.1, 0.15) is 17.0 Å². The van der Waals surface area contributed by atoms with Crippen molar-refractivity contribution in [2.24, 2.45) is 5.92 Å². The molecule has 1 aliphatic heterocycles. The first-order valence-corrected chi connectivity index (χ1v) is 10.2. The van der Waals surface area contributed by atoms with E-state index < -0.39 is 10.0 Å². The Kier molecular flexibility index (Phi) is 4.33. The first-order valence-electron chi connectivity index (χ1n) is 7.38. The summed E-state index contributed by atoms with van der Waals surface area (Å²) in [4.78, 5) is 11.9. The highest BCUT2D eigenvalue weighted by atomic mass is 32.2. The molecule has 1 saturated heterocycles. The second-order valence-electron chi connectivity index (χ2n) is 5.79. The molecule has 1 fully saturated rings. The minimum Gasteiger partial charge on any atom is -0.354 e. The topological polar surface area (TPSA) is 75.2 Å². The highest BCUT2D eigenvalue weighted by Crippen LogP contribution is 2.32. The number of sulfonamides is 1. The van der Waals surface area contributed by atoms with Crippen molar-refractivity contribution in [1.29, 1.82) is 0 Å². The summed E-state index contributed by atoms with van der Waals surface area (Å²) in [7, 11) is -3.20. The molecule has 1 aliphatic rings. The van der Waals surface area contributed by atoms with Crippen LogP contribution in [0.3, 0.4) is 0 Å². The van der Waals surface area contributed by atoms with Gasteiger partial charge in [-0.2, -0.15) is 0 Å². The van der Waals surface area contributed by atoms with Crippen LogP contribution in [-0.4, -0.2) is 43.8 Å². The molecule has 0 unspecified atom stereocenters. The SMILES string of the molecule is CCC[C@@H]1CN(c2ncnc3sccc23)C[C@H]1NS(C)(=O)=O. The average molecular weight is 340 g/mol. The van der Waals surface area contributed by atoms with Crippen LogP contribution in [0.1, 0.15) is 19.8 Å². The molecule has 3 rings (SSSR count). The van der Waals surface area contributed by atoms with E-state index in [1.165, 1.54) is 6.26 Å². The smallest absolute Gasteiger partial charge is 0.209 e. The Balaban J connectivity index is 1.88. The van der Waals surface area contributed by atoms with Crippen molar-refractivity contribution >= 4 is 37.4 Å². The number of fused-ring (bicyclic) bond motifs is 1. The maximum atomic E-state index is 11.6. The molecule has 0 bridgehead atoms. The second kappa shape index (κ2) is 6.10. The van der Waals surface area contributed by atoms with Crippen molar-refractivity contribution in [2.45, 2.75) is 25.8 Å². The van der Waals surface area contributed by atoms with Crippen LogP contribution in [-0.2, 0) is 10.0 Å². The van der Waals surface area contributed by atoms with Gasteiger partial charge < -0.3 is 4.90 Å². The lowest BCUT2D eigenvalue weighted by atomic mass is 9.99. The number of nitrogens with zero attached hydrogens (tertiary/aromatic N) is 3. The Hall–Kier alpha value is -1.25. The summed E-state index contributed by atoms with van der Waals surface area (Å²) < 4.78 is 26.0. The molecular formula is C14H20N4O2S2. The molecule has 0 aliphatic carbocycles. The van der Waals surface area contributed by atoms with Gasteiger partial charge in [0.25, 0.3) is 0 Å². The van der Waals surface area contributed by atoms with Crippen molar-refractivity contribution in [1.82, 2.24) is 14.7 Å². The number of thiophene rings is 1. The third-order valence-electron chi connectivity index (χ3n) is 4.01.